The molecule has 0 saturated carbocycles. The average molecular weight is 200 g/mol. The number of methoxy groups -OCH3 is 1. The summed E-state index contributed by atoms with van der Waals surface area (Å²) < 4.78 is 16.0. The molecule has 3 nitrogen and oxygen atoms in total. The number of ether oxygens (including phenoxy) is 1. The molecule has 12 heavy (non-hydrogen) atoms. The fourth-order valence-electron chi connectivity index (χ4n) is 0.728. The van der Waals surface area contributed by atoms with E-state index < -0.39 is 12.0 Å². The zero-order valence-corrected chi connectivity index (χ0v) is 7.90. The van der Waals surface area contributed by atoms with E-state index in [1.54, 1.807) is 0 Å². The number of alkyl halides is 1. The Labute approximate surface area is 77.9 Å². The lowest BCUT2D eigenvalue weighted by Gasteiger charge is -2.06. The molecular formula is C7H15ClFNO2. The van der Waals surface area contributed by atoms with Crippen molar-refractivity contribution in [2.45, 2.75) is 25.3 Å². The summed E-state index contributed by atoms with van der Waals surface area (Å²) in [5.41, 5.74) is 5.37. The maximum Gasteiger partial charge on any atom is 0.322 e. The predicted molar refractivity (Wildman–Crippen MR) is 47.1 cm³/mol. The summed E-state index contributed by atoms with van der Waals surface area (Å²) in [5, 5.41) is 0. The number of carbonyl (C=O) groups excluding carboxylic acids is 1. The van der Waals surface area contributed by atoms with Gasteiger partial charge in [-0.2, -0.15) is 0 Å². The van der Waals surface area contributed by atoms with Gasteiger partial charge in [-0.25, -0.2) is 0 Å². The normalized spacial score (nSPS) is 11.6. The first-order valence-electron chi connectivity index (χ1n) is 3.61. The molecule has 0 rings (SSSR count). The summed E-state index contributed by atoms with van der Waals surface area (Å²) in [7, 11) is 1.29. The molecule has 0 saturated heterocycles. The van der Waals surface area contributed by atoms with Crippen LogP contribution in [-0.4, -0.2) is 25.8 Å². The molecule has 0 aromatic rings. The van der Waals surface area contributed by atoms with Crippen LogP contribution in [0.4, 0.5) is 4.39 Å². The van der Waals surface area contributed by atoms with Crippen molar-refractivity contribution in [1.82, 2.24) is 0 Å². The molecule has 0 spiro atoms. The van der Waals surface area contributed by atoms with Gasteiger partial charge in [0.15, 0.2) is 0 Å². The Bertz CT molecular complexity index is 124. The minimum Gasteiger partial charge on any atom is -0.468 e. The lowest BCUT2D eigenvalue weighted by Crippen LogP contribution is -2.31. The number of carbonyl (C=O) groups is 1. The molecule has 5 heteroatoms. The molecule has 1 atom stereocenters. The van der Waals surface area contributed by atoms with Gasteiger partial charge >= 0.3 is 5.97 Å². The molecule has 2 N–H and O–H groups in total. The van der Waals surface area contributed by atoms with Crippen LogP contribution in [0.25, 0.3) is 0 Å². The van der Waals surface area contributed by atoms with Gasteiger partial charge in [0.2, 0.25) is 0 Å². The van der Waals surface area contributed by atoms with Crippen LogP contribution in [0.3, 0.4) is 0 Å². The van der Waals surface area contributed by atoms with Crippen LogP contribution in [0.2, 0.25) is 0 Å². The van der Waals surface area contributed by atoms with Gasteiger partial charge in [0.1, 0.15) is 6.04 Å². The standard InChI is InChI=1S/C7H14FNO2.ClH/c1-11-7(10)6(9)4-2-3-5-8;/h6H,2-5,9H2,1H3;1H/t6-;/m1./s1. The Balaban J connectivity index is 0. The molecule has 0 aliphatic carbocycles. The zero-order chi connectivity index (χ0) is 8.69. The van der Waals surface area contributed by atoms with E-state index in [1.165, 1.54) is 7.11 Å². The molecule has 0 amide bonds. The van der Waals surface area contributed by atoms with Crippen LogP contribution < -0.4 is 5.73 Å². The number of halogens is 2. The number of rotatable bonds is 5. The average Bonchev–Trinajstić information content (AvgIpc) is 2.03. The molecule has 0 radical (unpaired) electrons. The van der Waals surface area contributed by atoms with E-state index in [0.717, 1.165) is 0 Å². The highest BCUT2D eigenvalue weighted by atomic mass is 35.5. The molecule has 0 bridgehead atoms. The quantitative estimate of drug-likeness (QED) is 0.532. The third kappa shape index (κ3) is 6.37. The molecular weight excluding hydrogens is 185 g/mol. The van der Waals surface area contributed by atoms with Gasteiger partial charge in [-0.05, 0) is 19.3 Å². The second-order valence-corrected chi connectivity index (χ2v) is 2.31. The molecule has 0 unspecified atom stereocenters. The van der Waals surface area contributed by atoms with Crippen LogP contribution in [0.1, 0.15) is 19.3 Å². The maximum atomic E-state index is 11.6. The van der Waals surface area contributed by atoms with Gasteiger partial charge in [-0.15, -0.1) is 12.4 Å². The van der Waals surface area contributed by atoms with Crippen LogP contribution >= 0.6 is 12.4 Å². The van der Waals surface area contributed by atoms with Crippen molar-refractivity contribution in [1.29, 1.82) is 0 Å². The van der Waals surface area contributed by atoms with Crippen LogP contribution in [0.15, 0.2) is 0 Å². The topological polar surface area (TPSA) is 52.3 Å². The fourth-order valence-corrected chi connectivity index (χ4v) is 0.728. The highest BCUT2D eigenvalue weighted by Gasteiger charge is 2.11. The van der Waals surface area contributed by atoms with E-state index in [0.29, 0.717) is 19.3 Å². The highest BCUT2D eigenvalue weighted by Crippen LogP contribution is 2.00. The molecule has 74 valence electrons. The summed E-state index contributed by atoms with van der Waals surface area (Å²) in [6.45, 7) is -0.353. The first kappa shape index (κ1) is 14.2. The Morgan fingerprint density at radius 1 is 1.58 bits per heavy atom. The Morgan fingerprint density at radius 3 is 2.58 bits per heavy atom. The second kappa shape index (κ2) is 8.74. The van der Waals surface area contributed by atoms with Crippen molar-refractivity contribution in [2.75, 3.05) is 13.8 Å². The van der Waals surface area contributed by atoms with Crippen molar-refractivity contribution in [3.63, 3.8) is 0 Å². The van der Waals surface area contributed by atoms with Crippen molar-refractivity contribution in [2.24, 2.45) is 5.73 Å². The van der Waals surface area contributed by atoms with Crippen LogP contribution in [0, 0.1) is 0 Å². The first-order valence-corrected chi connectivity index (χ1v) is 3.61. The van der Waals surface area contributed by atoms with E-state index >= 15 is 0 Å². The third-order valence-electron chi connectivity index (χ3n) is 1.40. The van der Waals surface area contributed by atoms with E-state index in [4.69, 9.17) is 5.73 Å². The Morgan fingerprint density at radius 2 is 2.17 bits per heavy atom. The maximum absolute atomic E-state index is 11.6. The first-order chi connectivity index (χ1) is 5.22. The smallest absolute Gasteiger partial charge is 0.322 e. The SMILES string of the molecule is COC(=O)[C@H](N)CCCCF.Cl. The van der Waals surface area contributed by atoms with E-state index in [9.17, 15) is 9.18 Å². The number of hydrogen-bond acceptors (Lipinski definition) is 3. The fraction of sp³-hybridized carbons (Fsp3) is 0.857. The minimum absolute atomic E-state index is 0. The highest BCUT2D eigenvalue weighted by molar-refractivity contribution is 5.85. The van der Waals surface area contributed by atoms with Crippen molar-refractivity contribution < 1.29 is 13.9 Å². The third-order valence-corrected chi connectivity index (χ3v) is 1.40. The van der Waals surface area contributed by atoms with Gasteiger partial charge in [-0.1, -0.05) is 0 Å². The molecule has 0 fully saturated rings. The van der Waals surface area contributed by atoms with Gasteiger partial charge in [-0.3, -0.25) is 9.18 Å². The zero-order valence-electron chi connectivity index (χ0n) is 7.09. The number of unbranched alkanes of at least 4 members (excludes halogenated alkanes) is 1. The lowest BCUT2D eigenvalue weighted by molar-refractivity contribution is -0.142. The van der Waals surface area contributed by atoms with Crippen LogP contribution in [0.5, 0.6) is 0 Å². The number of nitrogens with two attached hydrogens (primary N) is 1. The number of hydrogen-bond donors (Lipinski definition) is 1. The van der Waals surface area contributed by atoms with Gasteiger partial charge in [0.05, 0.1) is 13.8 Å². The van der Waals surface area contributed by atoms with Crippen molar-refractivity contribution in [3.8, 4) is 0 Å². The van der Waals surface area contributed by atoms with Gasteiger partial charge < -0.3 is 10.5 Å². The summed E-state index contributed by atoms with van der Waals surface area (Å²) >= 11 is 0. The molecule has 0 aliphatic heterocycles. The lowest BCUT2D eigenvalue weighted by atomic mass is 10.1. The summed E-state index contributed by atoms with van der Waals surface area (Å²) in [6, 6.07) is -0.591. The molecule has 0 aromatic heterocycles. The van der Waals surface area contributed by atoms with E-state index in [1.807, 2.05) is 0 Å². The van der Waals surface area contributed by atoms with E-state index in [-0.39, 0.29) is 19.1 Å². The number of esters is 1. The second-order valence-electron chi connectivity index (χ2n) is 2.31. The van der Waals surface area contributed by atoms with E-state index in [2.05, 4.69) is 4.74 Å². The Hall–Kier alpha value is -0.350. The molecule has 0 aliphatic rings. The predicted octanol–water partition coefficient (Wildman–Crippen LogP) is 1.05. The Kier molecular flexibility index (Phi) is 10.3. The molecule has 0 aromatic carbocycles. The molecule has 0 heterocycles. The van der Waals surface area contributed by atoms with Crippen molar-refractivity contribution in [3.05, 3.63) is 0 Å². The monoisotopic (exact) mass is 199 g/mol. The van der Waals surface area contributed by atoms with Crippen molar-refractivity contribution >= 4 is 18.4 Å². The van der Waals surface area contributed by atoms with Gasteiger partial charge in [0.25, 0.3) is 0 Å². The summed E-state index contributed by atoms with van der Waals surface area (Å²) in [5.74, 6) is -0.427. The minimum atomic E-state index is -0.591. The van der Waals surface area contributed by atoms with Gasteiger partial charge in [0, 0.05) is 0 Å². The summed E-state index contributed by atoms with van der Waals surface area (Å²) in [6.07, 6.45) is 1.59. The summed E-state index contributed by atoms with van der Waals surface area (Å²) in [4.78, 5) is 10.7. The largest absolute Gasteiger partial charge is 0.468 e. The van der Waals surface area contributed by atoms with Crippen LogP contribution in [-0.2, 0) is 9.53 Å².